The zero-order valence-electron chi connectivity index (χ0n) is 27.5. The fraction of sp³-hybridized carbons (Fsp3) is 0.862. The summed E-state index contributed by atoms with van der Waals surface area (Å²) >= 11 is 0. The Morgan fingerprint density at radius 1 is 1.00 bits per heavy atom. The van der Waals surface area contributed by atoms with Crippen molar-refractivity contribution in [2.75, 3.05) is 18.4 Å². The Balaban J connectivity index is 1.74. The lowest BCUT2D eigenvalue weighted by Crippen LogP contribution is -2.51. The molecule has 2 aliphatic rings. The number of fused-ring (bicyclic) bond motifs is 2. The third-order valence-electron chi connectivity index (χ3n) is 7.96. The monoisotopic (exact) mass is 644 g/mol. The molecule has 3 amide bonds. The second kappa shape index (κ2) is 15.7. The lowest BCUT2D eigenvalue weighted by atomic mass is 9.82. The van der Waals surface area contributed by atoms with Gasteiger partial charge in [-0.3, -0.25) is 0 Å². The smallest absolute Gasteiger partial charge is 0.437 e. The molecular formula is C29H52N6O8S. The highest BCUT2D eigenvalue weighted by Crippen LogP contribution is 2.40. The molecule has 2 aliphatic heterocycles. The predicted octanol–water partition coefficient (Wildman–Crippen LogP) is 6.49. The number of nitrogens with one attached hydrogen (secondary N) is 1. The number of urea groups is 1. The molecular weight excluding hydrogens is 592 g/mol. The van der Waals surface area contributed by atoms with Crippen molar-refractivity contribution in [1.82, 2.24) is 25.2 Å². The van der Waals surface area contributed by atoms with Crippen LogP contribution in [0.1, 0.15) is 137 Å². The van der Waals surface area contributed by atoms with E-state index in [4.69, 9.17) is 17.7 Å². The molecule has 3 heterocycles. The number of hydrogen-bond acceptors (Lipinski definition) is 11. The Bertz CT molecular complexity index is 1180. The van der Waals surface area contributed by atoms with Crippen molar-refractivity contribution in [3.05, 3.63) is 5.89 Å². The van der Waals surface area contributed by atoms with E-state index in [2.05, 4.69) is 43.2 Å². The molecule has 15 heteroatoms. The molecule has 0 unspecified atom stereocenters. The van der Waals surface area contributed by atoms with Crippen molar-refractivity contribution in [1.29, 1.82) is 0 Å². The molecule has 1 aromatic rings. The van der Waals surface area contributed by atoms with E-state index in [9.17, 15) is 18.0 Å². The van der Waals surface area contributed by atoms with Gasteiger partial charge in [-0.15, -0.1) is 9.38 Å². The van der Waals surface area contributed by atoms with E-state index in [0.29, 0.717) is 19.4 Å². The summed E-state index contributed by atoms with van der Waals surface area (Å²) < 4.78 is 48.9. The maximum absolute atomic E-state index is 13.5. The molecule has 1 N–H and O–H groups in total. The summed E-state index contributed by atoms with van der Waals surface area (Å²) in [6.07, 6.45) is 8.92. The Labute approximate surface area is 262 Å². The zero-order chi connectivity index (χ0) is 32.5. The number of piperidine rings is 1. The maximum Gasteiger partial charge on any atom is 0.437 e. The molecule has 1 aromatic heterocycles. The minimum atomic E-state index is -4.63. The van der Waals surface area contributed by atoms with Gasteiger partial charge in [0.05, 0.1) is 6.04 Å². The normalized spacial score (nSPS) is 19.2. The lowest BCUT2D eigenvalue weighted by molar-refractivity contribution is -0.172. The molecule has 0 aliphatic carbocycles. The first-order valence-corrected chi connectivity index (χ1v) is 17.5. The van der Waals surface area contributed by atoms with Crippen LogP contribution >= 0.6 is 0 Å². The fourth-order valence-electron chi connectivity index (χ4n) is 5.90. The molecule has 14 nitrogen and oxygen atoms in total. The number of nitrogens with zero attached hydrogens (tertiary/aromatic N) is 5. The largest absolute Gasteiger partial charge is 0.443 e. The topological polar surface area (TPSA) is 157 Å². The number of anilines is 1. The number of carbonyl (C=O) groups excluding carboxylic acids is 2. The summed E-state index contributed by atoms with van der Waals surface area (Å²) in [5.41, 5.74) is -1.16. The SMILES string of the molecule is CCCCN(OS(=O)(=O)ON1C(=O)N2C[C@@H]1CC[C@H]2c1nnc(NC(=O)OC(C)(C)C)o1)C(CCC)(CCCC)CCCC. The summed E-state index contributed by atoms with van der Waals surface area (Å²) in [6.45, 7) is 14.2. The first-order chi connectivity index (χ1) is 20.8. The molecule has 2 saturated heterocycles. The maximum atomic E-state index is 13.5. The third kappa shape index (κ3) is 9.51. The number of hydroxylamine groups is 4. The summed E-state index contributed by atoms with van der Waals surface area (Å²) in [6, 6.07) is -1.91. The van der Waals surface area contributed by atoms with Crippen LogP contribution in [0.3, 0.4) is 0 Å². The van der Waals surface area contributed by atoms with Crippen LogP contribution in [0.5, 0.6) is 0 Å². The molecule has 0 spiro atoms. The average molecular weight is 645 g/mol. The number of aromatic nitrogens is 2. The zero-order valence-corrected chi connectivity index (χ0v) is 28.3. The minimum absolute atomic E-state index is 0.116. The van der Waals surface area contributed by atoms with Crippen molar-refractivity contribution in [3.63, 3.8) is 0 Å². The van der Waals surface area contributed by atoms with Crippen LogP contribution in [0.4, 0.5) is 15.6 Å². The van der Waals surface area contributed by atoms with E-state index in [1.807, 2.05) is 0 Å². The van der Waals surface area contributed by atoms with E-state index in [1.165, 1.54) is 4.90 Å². The van der Waals surface area contributed by atoms with Crippen LogP contribution in [0, 0.1) is 0 Å². The number of rotatable bonds is 18. The summed E-state index contributed by atoms with van der Waals surface area (Å²) in [7, 11) is -4.63. The van der Waals surface area contributed by atoms with Gasteiger partial charge < -0.3 is 14.1 Å². The van der Waals surface area contributed by atoms with Crippen molar-refractivity contribution in [2.45, 2.75) is 149 Å². The second-order valence-electron chi connectivity index (χ2n) is 12.8. The van der Waals surface area contributed by atoms with Crippen LogP contribution in [0.25, 0.3) is 0 Å². The van der Waals surface area contributed by atoms with Crippen LogP contribution in [0.2, 0.25) is 0 Å². The molecule has 252 valence electrons. The van der Waals surface area contributed by atoms with Gasteiger partial charge in [0, 0.05) is 18.6 Å². The first-order valence-electron chi connectivity index (χ1n) is 16.1. The lowest BCUT2D eigenvalue weighted by Gasteiger charge is -2.43. The van der Waals surface area contributed by atoms with Gasteiger partial charge in [-0.25, -0.2) is 14.9 Å². The van der Waals surface area contributed by atoms with Crippen molar-refractivity contribution in [2.24, 2.45) is 0 Å². The molecule has 44 heavy (non-hydrogen) atoms. The van der Waals surface area contributed by atoms with Gasteiger partial charge in [-0.1, -0.05) is 71.3 Å². The highest BCUT2D eigenvalue weighted by Gasteiger charge is 2.50. The van der Waals surface area contributed by atoms with Gasteiger partial charge in [0.2, 0.25) is 5.89 Å². The molecule has 2 atom stereocenters. The van der Waals surface area contributed by atoms with E-state index < -0.39 is 45.7 Å². The van der Waals surface area contributed by atoms with E-state index in [0.717, 1.165) is 69.3 Å². The number of hydrogen-bond donors (Lipinski definition) is 1. The molecule has 0 radical (unpaired) electrons. The molecule has 2 bridgehead atoms. The predicted molar refractivity (Wildman–Crippen MR) is 163 cm³/mol. The minimum Gasteiger partial charge on any atom is -0.443 e. The van der Waals surface area contributed by atoms with Crippen LogP contribution in [0.15, 0.2) is 4.42 Å². The van der Waals surface area contributed by atoms with Crippen LogP contribution in [-0.2, 0) is 23.7 Å². The Morgan fingerprint density at radius 3 is 2.25 bits per heavy atom. The van der Waals surface area contributed by atoms with Crippen LogP contribution < -0.4 is 5.32 Å². The molecule has 0 saturated carbocycles. The summed E-state index contributed by atoms with van der Waals surface area (Å²) in [5.74, 6) is 0.116. The number of carbonyl (C=O) groups is 2. The number of amides is 3. The van der Waals surface area contributed by atoms with E-state index in [-0.39, 0.29) is 18.5 Å². The van der Waals surface area contributed by atoms with Crippen molar-refractivity contribution < 1.29 is 35.7 Å². The van der Waals surface area contributed by atoms with Gasteiger partial charge in [0.1, 0.15) is 11.6 Å². The van der Waals surface area contributed by atoms with Gasteiger partial charge in [-0.2, -0.15) is 22.8 Å². The summed E-state index contributed by atoms with van der Waals surface area (Å²) in [4.78, 5) is 27.0. The first kappa shape index (κ1) is 36.0. The van der Waals surface area contributed by atoms with E-state index in [1.54, 1.807) is 25.8 Å². The molecule has 0 aromatic carbocycles. The highest BCUT2D eigenvalue weighted by molar-refractivity contribution is 7.81. The second-order valence-corrected chi connectivity index (χ2v) is 13.9. The van der Waals surface area contributed by atoms with Gasteiger partial charge in [0.15, 0.2) is 0 Å². The van der Waals surface area contributed by atoms with Gasteiger partial charge in [-0.05, 0) is 59.3 Å². The highest BCUT2D eigenvalue weighted by atomic mass is 32.3. The Hall–Kier alpha value is -2.49. The van der Waals surface area contributed by atoms with Crippen molar-refractivity contribution >= 4 is 28.5 Å². The molecule has 3 rings (SSSR count). The van der Waals surface area contributed by atoms with E-state index >= 15 is 0 Å². The van der Waals surface area contributed by atoms with Crippen LogP contribution in [-0.4, -0.2) is 76.0 Å². The number of ether oxygens (including phenoxy) is 1. The standard InChI is InChI=1S/C29H52N6O8S/c1-8-12-18-29(17-11-4,19-13-9-2)34(20-14-10-3)42-44(38,39)43-35-22-15-16-23(33(21-22)27(35)37)24-31-32-25(40-24)30-26(36)41-28(5,6)7/h22-23H,8-21H2,1-7H3,(H,30,32,36)/t22-,23-/m0/s1. The quantitative estimate of drug-likeness (QED) is 0.174. The molecule has 2 fully saturated rings. The fourth-order valence-corrected chi connectivity index (χ4v) is 6.76. The Morgan fingerprint density at radius 2 is 1.66 bits per heavy atom. The Kier molecular flexibility index (Phi) is 12.8. The summed E-state index contributed by atoms with van der Waals surface area (Å²) in [5, 5.41) is 12.8. The van der Waals surface area contributed by atoms with Crippen molar-refractivity contribution in [3.8, 4) is 0 Å². The van der Waals surface area contributed by atoms with Gasteiger partial charge in [0.25, 0.3) is 0 Å². The van der Waals surface area contributed by atoms with Gasteiger partial charge >= 0.3 is 28.5 Å². The third-order valence-corrected chi connectivity index (χ3v) is 8.67. The average Bonchev–Trinajstić information content (AvgIpc) is 3.50. The number of unbranched alkanes of at least 4 members (excludes halogenated alkanes) is 3.